The first kappa shape index (κ1) is 14.9. The normalized spacial score (nSPS) is 21.4. The van der Waals surface area contributed by atoms with Crippen molar-refractivity contribution in [3.8, 4) is 5.88 Å². The Bertz CT molecular complexity index is 460. The highest BCUT2D eigenvalue weighted by Gasteiger charge is 2.29. The molecule has 5 heteroatoms. The predicted molar refractivity (Wildman–Crippen MR) is 81.8 cm³/mol. The zero-order valence-corrected chi connectivity index (χ0v) is 13.1. The molecule has 1 unspecified atom stereocenters. The number of hydrogen-bond donors (Lipinski definition) is 1. The van der Waals surface area contributed by atoms with Gasteiger partial charge in [0.25, 0.3) is 0 Å². The minimum absolute atomic E-state index is 0.0797. The highest BCUT2D eigenvalue weighted by atomic mass is 16.5. The molecule has 1 saturated heterocycles. The average molecular weight is 279 g/mol. The van der Waals surface area contributed by atoms with E-state index in [4.69, 9.17) is 9.47 Å². The predicted octanol–water partition coefficient (Wildman–Crippen LogP) is 2.53. The molecule has 1 atom stereocenters. The Kier molecular flexibility index (Phi) is 4.38. The van der Waals surface area contributed by atoms with E-state index in [1.54, 1.807) is 13.3 Å². The van der Waals surface area contributed by atoms with Crippen LogP contribution in [0.25, 0.3) is 0 Å². The molecule has 1 aromatic rings. The van der Waals surface area contributed by atoms with E-state index in [2.05, 4.69) is 29.0 Å². The Morgan fingerprint density at radius 1 is 1.45 bits per heavy atom. The van der Waals surface area contributed by atoms with Gasteiger partial charge in [-0.3, -0.25) is 0 Å². The van der Waals surface area contributed by atoms with Gasteiger partial charge in [0.15, 0.2) is 0 Å². The van der Waals surface area contributed by atoms with Crippen molar-refractivity contribution in [3.63, 3.8) is 0 Å². The van der Waals surface area contributed by atoms with Crippen LogP contribution >= 0.6 is 0 Å². The van der Waals surface area contributed by atoms with E-state index >= 15 is 0 Å². The molecule has 0 aromatic carbocycles. The fourth-order valence-electron chi connectivity index (χ4n) is 2.66. The number of ether oxygens (including phenoxy) is 2. The molecule has 0 radical (unpaired) electrons. The second kappa shape index (κ2) is 5.87. The van der Waals surface area contributed by atoms with Gasteiger partial charge in [-0.25, -0.2) is 4.98 Å². The summed E-state index contributed by atoms with van der Waals surface area (Å²) in [5, 5.41) is 3.60. The van der Waals surface area contributed by atoms with E-state index in [0.29, 0.717) is 11.9 Å². The molecule has 0 amide bonds. The van der Waals surface area contributed by atoms with Crippen molar-refractivity contribution in [2.24, 2.45) is 0 Å². The monoisotopic (exact) mass is 279 g/mol. The van der Waals surface area contributed by atoms with E-state index in [0.717, 1.165) is 30.8 Å². The molecular weight excluding hydrogens is 254 g/mol. The van der Waals surface area contributed by atoms with Crippen molar-refractivity contribution >= 4 is 11.4 Å². The summed E-state index contributed by atoms with van der Waals surface area (Å²) in [5.41, 5.74) is 1.97. The van der Waals surface area contributed by atoms with Crippen LogP contribution in [0.4, 0.5) is 11.4 Å². The van der Waals surface area contributed by atoms with Crippen LogP contribution in [0.3, 0.4) is 0 Å². The Morgan fingerprint density at radius 2 is 2.20 bits per heavy atom. The number of nitrogens with one attached hydrogen (secondary N) is 1. The van der Waals surface area contributed by atoms with Crippen molar-refractivity contribution < 1.29 is 9.47 Å². The zero-order valence-electron chi connectivity index (χ0n) is 13.1. The van der Waals surface area contributed by atoms with Crippen LogP contribution in [0, 0.1) is 0 Å². The molecule has 1 aliphatic heterocycles. The van der Waals surface area contributed by atoms with Gasteiger partial charge in [-0.05, 0) is 32.8 Å². The van der Waals surface area contributed by atoms with Crippen LogP contribution in [0.5, 0.6) is 5.88 Å². The summed E-state index contributed by atoms with van der Waals surface area (Å²) in [6, 6.07) is 2.37. The third-order valence-corrected chi connectivity index (χ3v) is 3.61. The van der Waals surface area contributed by atoms with Crippen molar-refractivity contribution in [2.45, 2.75) is 38.3 Å². The molecule has 0 aliphatic carbocycles. The first-order valence-electron chi connectivity index (χ1n) is 7.04. The molecule has 2 rings (SSSR count). The molecule has 20 heavy (non-hydrogen) atoms. The van der Waals surface area contributed by atoms with Gasteiger partial charge in [0.2, 0.25) is 5.88 Å². The number of anilines is 2. The van der Waals surface area contributed by atoms with Gasteiger partial charge >= 0.3 is 0 Å². The fraction of sp³-hybridized carbons (Fsp3) is 0.667. The molecule has 1 N–H and O–H groups in total. The summed E-state index contributed by atoms with van der Waals surface area (Å²) in [4.78, 5) is 6.37. The summed E-state index contributed by atoms with van der Waals surface area (Å²) in [6.45, 7) is 5.05. The van der Waals surface area contributed by atoms with Crippen LogP contribution in [0.15, 0.2) is 12.3 Å². The highest BCUT2D eigenvalue weighted by Crippen LogP contribution is 2.35. The molecule has 5 nitrogen and oxygen atoms in total. The number of aromatic nitrogens is 1. The molecule has 0 spiro atoms. The van der Waals surface area contributed by atoms with Crippen LogP contribution in [0.2, 0.25) is 0 Å². The van der Waals surface area contributed by atoms with Crippen LogP contribution in [0.1, 0.15) is 26.7 Å². The number of hydrogen-bond acceptors (Lipinski definition) is 5. The maximum Gasteiger partial charge on any atom is 0.239 e. The standard InChI is InChI=1S/C15H25N3O2/c1-15(2)10-11(7-9-20-15)17-13-12(18(3)4)6-8-16-14(13)19-5/h6,8,11,17H,7,9-10H2,1-5H3. The third kappa shape index (κ3) is 3.33. The van der Waals surface area contributed by atoms with E-state index in [1.165, 1.54) is 0 Å². The quantitative estimate of drug-likeness (QED) is 0.917. The van der Waals surface area contributed by atoms with Gasteiger partial charge in [-0.1, -0.05) is 0 Å². The Morgan fingerprint density at radius 3 is 2.80 bits per heavy atom. The number of pyridine rings is 1. The van der Waals surface area contributed by atoms with Crippen LogP contribution in [-0.2, 0) is 4.74 Å². The van der Waals surface area contributed by atoms with Gasteiger partial charge in [0.1, 0.15) is 5.69 Å². The summed E-state index contributed by atoms with van der Waals surface area (Å²) in [5.74, 6) is 0.639. The number of methoxy groups -OCH3 is 1. The second-order valence-corrected chi connectivity index (χ2v) is 6.05. The Labute approximate surface area is 121 Å². The largest absolute Gasteiger partial charge is 0.479 e. The van der Waals surface area contributed by atoms with Gasteiger partial charge in [-0.15, -0.1) is 0 Å². The first-order valence-corrected chi connectivity index (χ1v) is 7.04. The summed E-state index contributed by atoms with van der Waals surface area (Å²) in [7, 11) is 5.70. The van der Waals surface area contributed by atoms with Crippen molar-refractivity contribution in [3.05, 3.63) is 12.3 Å². The maximum absolute atomic E-state index is 5.77. The summed E-state index contributed by atoms with van der Waals surface area (Å²) in [6.07, 6.45) is 3.74. The smallest absolute Gasteiger partial charge is 0.239 e. The fourth-order valence-corrected chi connectivity index (χ4v) is 2.66. The van der Waals surface area contributed by atoms with Crippen molar-refractivity contribution in [1.29, 1.82) is 0 Å². The SMILES string of the molecule is COc1nccc(N(C)C)c1NC1CCOC(C)(C)C1. The van der Waals surface area contributed by atoms with E-state index < -0.39 is 0 Å². The number of nitrogens with zero attached hydrogens (tertiary/aromatic N) is 2. The van der Waals surface area contributed by atoms with Crippen molar-refractivity contribution in [2.75, 3.05) is 38.0 Å². The topological polar surface area (TPSA) is 46.6 Å². The van der Waals surface area contributed by atoms with Gasteiger partial charge in [-0.2, -0.15) is 0 Å². The first-order chi connectivity index (χ1) is 9.43. The average Bonchev–Trinajstić information content (AvgIpc) is 2.37. The van der Waals surface area contributed by atoms with Gasteiger partial charge < -0.3 is 19.7 Å². The minimum Gasteiger partial charge on any atom is -0.479 e. The summed E-state index contributed by atoms with van der Waals surface area (Å²) < 4.78 is 11.2. The van der Waals surface area contributed by atoms with Crippen LogP contribution < -0.4 is 15.0 Å². The second-order valence-electron chi connectivity index (χ2n) is 6.05. The molecule has 2 heterocycles. The summed E-state index contributed by atoms with van der Waals surface area (Å²) >= 11 is 0. The lowest BCUT2D eigenvalue weighted by atomic mass is 9.94. The lowest BCUT2D eigenvalue weighted by molar-refractivity contribution is -0.0553. The molecular formula is C15H25N3O2. The third-order valence-electron chi connectivity index (χ3n) is 3.61. The Balaban J connectivity index is 2.23. The van der Waals surface area contributed by atoms with Crippen LogP contribution in [-0.4, -0.2) is 44.4 Å². The van der Waals surface area contributed by atoms with E-state index in [-0.39, 0.29) is 5.60 Å². The Hall–Kier alpha value is -1.49. The van der Waals surface area contributed by atoms with Gasteiger partial charge in [0, 0.05) is 32.9 Å². The van der Waals surface area contributed by atoms with E-state index in [9.17, 15) is 0 Å². The maximum atomic E-state index is 5.77. The lowest BCUT2D eigenvalue weighted by Gasteiger charge is -2.37. The molecule has 0 bridgehead atoms. The zero-order chi connectivity index (χ0) is 14.8. The minimum atomic E-state index is -0.0797. The highest BCUT2D eigenvalue weighted by molar-refractivity contribution is 5.74. The molecule has 112 valence electrons. The molecule has 1 aromatic heterocycles. The molecule has 1 fully saturated rings. The molecule has 0 saturated carbocycles. The van der Waals surface area contributed by atoms with Gasteiger partial charge in [0.05, 0.1) is 18.4 Å². The number of rotatable bonds is 4. The van der Waals surface area contributed by atoms with E-state index in [1.807, 2.05) is 20.2 Å². The van der Waals surface area contributed by atoms with Crippen molar-refractivity contribution in [1.82, 2.24) is 4.98 Å². The molecule has 1 aliphatic rings. The lowest BCUT2D eigenvalue weighted by Crippen LogP contribution is -2.40.